The first-order valence-electron chi connectivity index (χ1n) is 5.64. The number of carbonyl (C=O) groups is 1. The van der Waals surface area contributed by atoms with Crippen molar-refractivity contribution in [2.45, 2.75) is 24.8 Å². The van der Waals surface area contributed by atoms with Crippen molar-refractivity contribution < 1.29 is 4.79 Å². The molecule has 1 aliphatic heterocycles. The number of nitrogens with zero attached hydrogens (tertiary/aromatic N) is 1. The number of rotatable bonds is 2. The number of nitrogens with two attached hydrogens (primary N) is 1. The second-order valence-electron chi connectivity index (χ2n) is 4.61. The Hall–Kier alpha value is -1.55. The molecular weight excluding hydrogens is 202 g/mol. The third-order valence-electron chi connectivity index (χ3n) is 3.34. The van der Waals surface area contributed by atoms with Gasteiger partial charge in [0.2, 0.25) is 5.91 Å². The molecule has 1 aliphatic carbocycles. The zero-order valence-electron chi connectivity index (χ0n) is 9.07. The monoisotopic (exact) mass is 217 g/mol. The maximum Gasteiger partial charge on any atom is 0.240 e. The topological polar surface area (TPSA) is 58.4 Å². The maximum atomic E-state index is 11.2. The molecule has 1 aromatic rings. The summed E-state index contributed by atoms with van der Waals surface area (Å²) in [7, 11) is 0. The van der Waals surface area contributed by atoms with Crippen LogP contribution >= 0.6 is 0 Å². The number of hydrogen-bond acceptors (Lipinski definition) is 3. The van der Waals surface area contributed by atoms with E-state index in [4.69, 9.17) is 5.73 Å². The number of carbonyl (C=O) groups excluding carboxylic acids is 1. The van der Waals surface area contributed by atoms with Crippen molar-refractivity contribution in [3.8, 4) is 0 Å². The quantitative estimate of drug-likeness (QED) is 0.773. The van der Waals surface area contributed by atoms with Gasteiger partial charge in [-0.05, 0) is 24.5 Å². The van der Waals surface area contributed by atoms with E-state index in [1.54, 1.807) is 0 Å². The second kappa shape index (κ2) is 3.22. The lowest BCUT2D eigenvalue weighted by molar-refractivity contribution is -0.119. The fraction of sp³-hybridized carbons (Fsp3) is 0.417. The van der Waals surface area contributed by atoms with Gasteiger partial charge in [0, 0.05) is 18.5 Å². The van der Waals surface area contributed by atoms with Gasteiger partial charge in [-0.25, -0.2) is 0 Å². The van der Waals surface area contributed by atoms with E-state index in [2.05, 4.69) is 11.5 Å². The normalized spacial score (nSPS) is 22.1. The lowest BCUT2D eigenvalue weighted by Gasteiger charge is -2.23. The van der Waals surface area contributed by atoms with Crippen LogP contribution in [0.3, 0.4) is 0 Å². The lowest BCUT2D eigenvalue weighted by atomic mass is 10.0. The highest BCUT2D eigenvalue weighted by atomic mass is 16.2. The Morgan fingerprint density at radius 1 is 1.31 bits per heavy atom. The first-order chi connectivity index (χ1) is 7.69. The van der Waals surface area contributed by atoms with Crippen LogP contribution in [0.5, 0.6) is 0 Å². The average molecular weight is 217 g/mol. The standard InChI is InChI=1S/C12H15N3O/c13-12(6-7-12)9-3-1-2-4-10(9)15-8-5-11(16)14-15/h1-4H,5-8,13H2,(H,14,16). The van der Waals surface area contributed by atoms with Gasteiger partial charge in [-0.1, -0.05) is 18.2 Å². The van der Waals surface area contributed by atoms with Gasteiger partial charge in [0.05, 0.1) is 5.69 Å². The third kappa shape index (κ3) is 1.46. The molecule has 1 aromatic carbocycles. The predicted molar refractivity (Wildman–Crippen MR) is 61.6 cm³/mol. The number of nitrogens with one attached hydrogen (secondary N) is 1. The van der Waals surface area contributed by atoms with Crippen LogP contribution in [0.1, 0.15) is 24.8 Å². The Kier molecular flexibility index (Phi) is 1.94. The Balaban J connectivity index is 1.97. The van der Waals surface area contributed by atoms with Crippen LogP contribution in [0.2, 0.25) is 0 Å². The molecule has 3 N–H and O–H groups in total. The summed E-state index contributed by atoms with van der Waals surface area (Å²) >= 11 is 0. The first kappa shape index (κ1) is 9.66. The van der Waals surface area contributed by atoms with E-state index in [9.17, 15) is 4.79 Å². The molecule has 3 rings (SSSR count). The van der Waals surface area contributed by atoms with E-state index < -0.39 is 0 Å². The lowest BCUT2D eigenvalue weighted by Crippen LogP contribution is -2.35. The first-order valence-corrected chi connectivity index (χ1v) is 5.64. The van der Waals surface area contributed by atoms with Gasteiger partial charge >= 0.3 is 0 Å². The number of hydrogen-bond donors (Lipinski definition) is 2. The summed E-state index contributed by atoms with van der Waals surface area (Å²) in [6.45, 7) is 0.728. The molecule has 0 spiro atoms. The third-order valence-corrected chi connectivity index (χ3v) is 3.34. The summed E-state index contributed by atoms with van der Waals surface area (Å²) in [4.78, 5) is 11.2. The summed E-state index contributed by atoms with van der Waals surface area (Å²) in [6.07, 6.45) is 2.63. The molecule has 84 valence electrons. The Labute approximate surface area is 94.4 Å². The van der Waals surface area contributed by atoms with Gasteiger partial charge in [0.1, 0.15) is 0 Å². The average Bonchev–Trinajstić information content (AvgIpc) is 2.89. The number of benzene rings is 1. The Morgan fingerprint density at radius 3 is 2.69 bits per heavy atom. The van der Waals surface area contributed by atoms with E-state index in [1.807, 2.05) is 23.2 Å². The van der Waals surface area contributed by atoms with E-state index in [0.29, 0.717) is 6.42 Å². The van der Waals surface area contributed by atoms with Crippen molar-refractivity contribution in [2.75, 3.05) is 11.6 Å². The number of para-hydroxylation sites is 1. The van der Waals surface area contributed by atoms with Crippen molar-refractivity contribution in [3.63, 3.8) is 0 Å². The van der Waals surface area contributed by atoms with Crippen LogP contribution in [-0.2, 0) is 10.3 Å². The summed E-state index contributed by atoms with van der Waals surface area (Å²) in [5, 5.41) is 1.91. The highest BCUT2D eigenvalue weighted by Crippen LogP contribution is 2.46. The van der Waals surface area contributed by atoms with Crippen molar-refractivity contribution in [1.29, 1.82) is 0 Å². The summed E-state index contributed by atoms with van der Waals surface area (Å²) in [6, 6.07) is 8.07. The molecule has 4 heteroatoms. The molecule has 1 amide bonds. The van der Waals surface area contributed by atoms with Crippen LogP contribution in [0.4, 0.5) is 5.69 Å². The molecule has 0 aromatic heterocycles. The molecule has 0 radical (unpaired) electrons. The van der Waals surface area contributed by atoms with Gasteiger partial charge in [-0.3, -0.25) is 15.2 Å². The smallest absolute Gasteiger partial charge is 0.240 e. The molecule has 4 nitrogen and oxygen atoms in total. The zero-order chi connectivity index (χ0) is 11.2. The summed E-state index contributed by atoms with van der Waals surface area (Å²) in [5.41, 5.74) is 11.1. The van der Waals surface area contributed by atoms with Crippen LogP contribution in [0.15, 0.2) is 24.3 Å². The minimum absolute atomic E-state index is 0.0803. The predicted octanol–water partition coefficient (Wildman–Crippen LogP) is 0.876. The minimum Gasteiger partial charge on any atom is -0.321 e. The second-order valence-corrected chi connectivity index (χ2v) is 4.61. The molecule has 0 atom stereocenters. The molecule has 16 heavy (non-hydrogen) atoms. The molecule has 2 fully saturated rings. The van der Waals surface area contributed by atoms with E-state index in [0.717, 1.165) is 30.6 Å². The summed E-state index contributed by atoms with van der Waals surface area (Å²) < 4.78 is 0. The van der Waals surface area contributed by atoms with Crippen molar-refractivity contribution >= 4 is 11.6 Å². The van der Waals surface area contributed by atoms with E-state index >= 15 is 0 Å². The molecular formula is C12H15N3O. The van der Waals surface area contributed by atoms with Crippen LogP contribution < -0.4 is 16.2 Å². The van der Waals surface area contributed by atoms with Crippen molar-refractivity contribution in [1.82, 2.24) is 5.43 Å². The molecule has 0 bridgehead atoms. The van der Waals surface area contributed by atoms with Crippen LogP contribution in [0.25, 0.3) is 0 Å². The van der Waals surface area contributed by atoms with Gasteiger partial charge < -0.3 is 5.73 Å². The van der Waals surface area contributed by atoms with Crippen molar-refractivity contribution in [3.05, 3.63) is 29.8 Å². The highest BCUT2D eigenvalue weighted by molar-refractivity contribution is 5.82. The van der Waals surface area contributed by atoms with Gasteiger partial charge in [0.15, 0.2) is 0 Å². The maximum absolute atomic E-state index is 11.2. The zero-order valence-corrected chi connectivity index (χ0v) is 9.07. The van der Waals surface area contributed by atoms with Crippen LogP contribution in [-0.4, -0.2) is 12.5 Å². The van der Waals surface area contributed by atoms with E-state index in [-0.39, 0.29) is 11.4 Å². The molecule has 1 heterocycles. The van der Waals surface area contributed by atoms with Crippen molar-refractivity contribution in [2.24, 2.45) is 5.73 Å². The fourth-order valence-electron chi connectivity index (χ4n) is 2.19. The van der Waals surface area contributed by atoms with Gasteiger partial charge in [-0.15, -0.1) is 0 Å². The van der Waals surface area contributed by atoms with Gasteiger partial charge in [-0.2, -0.15) is 0 Å². The fourth-order valence-corrected chi connectivity index (χ4v) is 2.19. The molecule has 1 saturated heterocycles. The largest absolute Gasteiger partial charge is 0.321 e. The number of anilines is 1. The molecule has 0 unspecified atom stereocenters. The minimum atomic E-state index is -0.163. The number of hydrazine groups is 1. The van der Waals surface area contributed by atoms with Crippen LogP contribution in [0, 0.1) is 0 Å². The van der Waals surface area contributed by atoms with Gasteiger partial charge in [0.25, 0.3) is 0 Å². The number of amides is 1. The molecule has 2 aliphatic rings. The highest BCUT2D eigenvalue weighted by Gasteiger charge is 2.42. The molecule has 1 saturated carbocycles. The van der Waals surface area contributed by atoms with E-state index in [1.165, 1.54) is 0 Å². The SMILES string of the molecule is NC1(c2ccccc2N2CCC(=O)N2)CC1. The Bertz CT molecular complexity index is 440. The Morgan fingerprint density at radius 2 is 2.06 bits per heavy atom. The summed E-state index contributed by atoms with van der Waals surface area (Å²) in [5.74, 6) is 0.0803.